The van der Waals surface area contributed by atoms with Crippen LogP contribution in [-0.4, -0.2) is 40.1 Å². The van der Waals surface area contributed by atoms with Gasteiger partial charge in [-0.1, -0.05) is 18.2 Å². The normalized spacial score (nSPS) is 16.1. The first-order chi connectivity index (χ1) is 15.8. The van der Waals surface area contributed by atoms with Gasteiger partial charge in [0.15, 0.2) is 0 Å². The van der Waals surface area contributed by atoms with Gasteiger partial charge in [0, 0.05) is 34.5 Å². The van der Waals surface area contributed by atoms with Gasteiger partial charge < -0.3 is 10.1 Å². The van der Waals surface area contributed by atoms with Gasteiger partial charge in [0.25, 0.3) is 0 Å². The summed E-state index contributed by atoms with van der Waals surface area (Å²) in [5.74, 6) is 0.656. The highest BCUT2D eigenvalue weighted by Gasteiger charge is 2.36. The van der Waals surface area contributed by atoms with Gasteiger partial charge in [-0.3, -0.25) is 14.7 Å². The van der Waals surface area contributed by atoms with Crippen molar-refractivity contribution in [2.45, 2.75) is 55.9 Å². The Bertz CT molecular complexity index is 1140. The van der Waals surface area contributed by atoms with E-state index in [1.165, 1.54) is 15.8 Å². The largest absolute Gasteiger partial charge is 0.444 e. The minimum Gasteiger partial charge on any atom is -0.444 e. The fraction of sp³-hybridized carbons (Fsp3) is 0.346. The van der Waals surface area contributed by atoms with Gasteiger partial charge in [-0.15, -0.1) is 11.8 Å². The monoisotopic (exact) mass is 463 g/mol. The molecule has 1 N–H and O–H groups in total. The van der Waals surface area contributed by atoms with Crippen LogP contribution in [-0.2, 0) is 15.3 Å². The maximum absolute atomic E-state index is 12.8. The lowest BCUT2D eigenvalue weighted by molar-refractivity contribution is -0.120. The molecule has 0 bridgehead atoms. The van der Waals surface area contributed by atoms with E-state index in [9.17, 15) is 9.59 Å². The predicted molar refractivity (Wildman–Crippen MR) is 132 cm³/mol. The van der Waals surface area contributed by atoms with Crippen molar-refractivity contribution < 1.29 is 14.3 Å². The first-order valence-corrected chi connectivity index (χ1v) is 12.1. The summed E-state index contributed by atoms with van der Waals surface area (Å²) in [6.07, 6.45) is 2.84. The molecule has 0 saturated carbocycles. The second kappa shape index (κ2) is 9.83. The molecule has 1 aliphatic rings. The van der Waals surface area contributed by atoms with Gasteiger partial charge in [-0.05, 0) is 75.6 Å². The van der Waals surface area contributed by atoms with Crippen molar-refractivity contribution in [1.29, 1.82) is 0 Å². The van der Waals surface area contributed by atoms with E-state index in [-0.39, 0.29) is 5.91 Å². The molecule has 2 amide bonds. The number of nitrogens with one attached hydrogen (secondary N) is 1. The Morgan fingerprint density at radius 1 is 1.12 bits per heavy atom. The number of carbonyl (C=O) groups excluding carboxylic acids is 2. The molecule has 1 fully saturated rings. The van der Waals surface area contributed by atoms with Crippen LogP contribution in [0.3, 0.4) is 0 Å². The number of aromatic nitrogens is 1. The van der Waals surface area contributed by atoms with E-state index in [2.05, 4.69) is 22.4 Å². The van der Waals surface area contributed by atoms with Crippen molar-refractivity contribution in [2.75, 3.05) is 11.9 Å². The van der Waals surface area contributed by atoms with Crippen LogP contribution >= 0.6 is 11.8 Å². The summed E-state index contributed by atoms with van der Waals surface area (Å²) >= 11 is 1.74. The smallest absolute Gasteiger partial charge is 0.410 e. The number of benzene rings is 2. The van der Waals surface area contributed by atoms with Gasteiger partial charge in [-0.25, -0.2) is 4.79 Å². The zero-order valence-corrected chi connectivity index (χ0v) is 20.0. The molecule has 7 heteroatoms. The van der Waals surface area contributed by atoms with Gasteiger partial charge in [0.05, 0.1) is 5.52 Å². The van der Waals surface area contributed by atoms with E-state index in [0.717, 1.165) is 28.3 Å². The molecule has 4 rings (SSSR count). The number of amides is 2. The zero-order valence-electron chi connectivity index (χ0n) is 19.2. The maximum atomic E-state index is 12.8. The number of rotatable bonds is 5. The van der Waals surface area contributed by atoms with Crippen LogP contribution in [0.5, 0.6) is 0 Å². The number of pyridine rings is 1. The SMILES string of the molecule is CC(C)(C)OC(=O)N1CCC[C@@H]1C(=O)Nc1ccc(SCc2ccnc3ccccc23)cc1. The lowest BCUT2D eigenvalue weighted by Gasteiger charge is -2.28. The van der Waals surface area contributed by atoms with Gasteiger partial charge in [-0.2, -0.15) is 0 Å². The lowest BCUT2D eigenvalue weighted by atomic mass is 10.1. The molecule has 0 spiro atoms. The van der Waals surface area contributed by atoms with Gasteiger partial charge in [0.2, 0.25) is 5.91 Å². The van der Waals surface area contributed by atoms with E-state index in [4.69, 9.17) is 4.74 Å². The van der Waals surface area contributed by atoms with Crippen molar-refractivity contribution in [1.82, 2.24) is 9.88 Å². The van der Waals surface area contributed by atoms with E-state index in [0.29, 0.717) is 13.0 Å². The van der Waals surface area contributed by atoms with E-state index < -0.39 is 17.7 Å². The minimum atomic E-state index is -0.587. The third-order valence-electron chi connectivity index (χ3n) is 5.44. The summed E-state index contributed by atoms with van der Waals surface area (Å²) in [7, 11) is 0. The van der Waals surface area contributed by atoms with E-state index >= 15 is 0 Å². The summed E-state index contributed by atoms with van der Waals surface area (Å²) in [5, 5.41) is 4.12. The van der Waals surface area contributed by atoms with Gasteiger partial charge in [0.1, 0.15) is 11.6 Å². The Balaban J connectivity index is 1.35. The van der Waals surface area contributed by atoms with Crippen molar-refractivity contribution in [3.63, 3.8) is 0 Å². The van der Waals surface area contributed by atoms with E-state index in [1.807, 2.05) is 69.4 Å². The molecule has 6 nitrogen and oxygen atoms in total. The lowest BCUT2D eigenvalue weighted by Crippen LogP contribution is -2.45. The number of ether oxygens (including phenoxy) is 1. The molecular formula is C26H29N3O3S. The summed E-state index contributed by atoms with van der Waals surface area (Å²) in [6, 6.07) is 17.5. The van der Waals surface area contributed by atoms with Crippen molar-refractivity contribution in [3.05, 3.63) is 66.4 Å². The highest BCUT2D eigenvalue weighted by Crippen LogP contribution is 2.28. The number of para-hydroxylation sites is 1. The van der Waals surface area contributed by atoms with E-state index in [1.54, 1.807) is 11.8 Å². The molecule has 1 saturated heterocycles. The van der Waals surface area contributed by atoms with Crippen LogP contribution in [0.4, 0.5) is 10.5 Å². The topological polar surface area (TPSA) is 71.5 Å². The number of carbonyl (C=O) groups is 2. The number of hydrogen-bond acceptors (Lipinski definition) is 5. The quantitative estimate of drug-likeness (QED) is 0.480. The maximum Gasteiger partial charge on any atom is 0.410 e. The second-order valence-corrected chi connectivity index (χ2v) is 10.2. The molecule has 1 aromatic heterocycles. The first kappa shape index (κ1) is 23.1. The van der Waals surface area contributed by atoms with Crippen molar-refractivity contribution >= 4 is 40.4 Å². The molecule has 172 valence electrons. The number of fused-ring (bicyclic) bond motifs is 1. The highest BCUT2D eigenvalue weighted by atomic mass is 32.2. The van der Waals surface area contributed by atoms with Crippen LogP contribution < -0.4 is 5.32 Å². The molecule has 1 atom stereocenters. The number of hydrogen-bond donors (Lipinski definition) is 1. The molecule has 2 aromatic carbocycles. The predicted octanol–water partition coefficient (Wildman–Crippen LogP) is 5.87. The number of anilines is 1. The standard InChI is InChI=1S/C26H29N3O3S/c1-26(2,3)32-25(31)29-16-6-9-23(29)24(30)28-19-10-12-20(13-11-19)33-17-18-14-15-27-22-8-5-4-7-21(18)22/h4-5,7-8,10-15,23H,6,9,16-17H2,1-3H3,(H,28,30)/t23-/m1/s1. The number of likely N-dealkylation sites (tertiary alicyclic amines) is 1. The van der Waals surface area contributed by atoms with Crippen molar-refractivity contribution in [2.24, 2.45) is 0 Å². The fourth-order valence-electron chi connectivity index (χ4n) is 3.88. The van der Waals surface area contributed by atoms with Crippen LogP contribution in [0.1, 0.15) is 39.2 Å². The molecule has 3 aromatic rings. The average molecular weight is 464 g/mol. The summed E-state index contributed by atoms with van der Waals surface area (Å²) in [4.78, 5) is 32.4. The fourth-order valence-corrected chi connectivity index (χ4v) is 4.78. The third-order valence-corrected chi connectivity index (χ3v) is 6.50. The molecule has 1 aliphatic heterocycles. The Morgan fingerprint density at radius 2 is 1.88 bits per heavy atom. The van der Waals surface area contributed by atoms with Crippen LogP contribution in [0, 0.1) is 0 Å². The molecule has 0 aliphatic carbocycles. The molecular weight excluding hydrogens is 434 g/mol. The third kappa shape index (κ3) is 5.85. The van der Waals surface area contributed by atoms with Crippen molar-refractivity contribution in [3.8, 4) is 0 Å². The number of thioether (sulfide) groups is 1. The van der Waals surface area contributed by atoms with Crippen LogP contribution in [0.2, 0.25) is 0 Å². The van der Waals surface area contributed by atoms with Crippen LogP contribution in [0.15, 0.2) is 65.7 Å². The molecule has 0 radical (unpaired) electrons. The van der Waals surface area contributed by atoms with Crippen LogP contribution in [0.25, 0.3) is 10.9 Å². The zero-order chi connectivity index (χ0) is 23.4. The summed E-state index contributed by atoms with van der Waals surface area (Å²) in [6.45, 7) is 6.01. The average Bonchev–Trinajstić information content (AvgIpc) is 3.28. The highest BCUT2D eigenvalue weighted by molar-refractivity contribution is 7.98. The first-order valence-electron chi connectivity index (χ1n) is 11.2. The Kier molecular flexibility index (Phi) is 6.88. The van der Waals surface area contributed by atoms with Gasteiger partial charge >= 0.3 is 6.09 Å². The second-order valence-electron chi connectivity index (χ2n) is 9.12. The molecule has 33 heavy (non-hydrogen) atoms. The molecule has 0 unspecified atom stereocenters. The Morgan fingerprint density at radius 3 is 2.64 bits per heavy atom. The summed E-state index contributed by atoms with van der Waals surface area (Å²) in [5.41, 5.74) is 2.37. The Hall–Kier alpha value is -3.06. The number of nitrogens with zero attached hydrogens (tertiary/aromatic N) is 2. The molecule has 2 heterocycles. The minimum absolute atomic E-state index is 0.179. The summed E-state index contributed by atoms with van der Waals surface area (Å²) < 4.78 is 5.46. The Labute approximate surface area is 198 Å².